The Hall–Kier alpha value is -3.35. The second kappa shape index (κ2) is 8.12. The molecule has 1 aromatic carbocycles. The van der Waals surface area contributed by atoms with Crippen molar-refractivity contribution in [2.75, 3.05) is 13.7 Å². The standard InChI is InChI=1S/C21H23N3O4/c1-21(2,20(26)22-13-12-15-7-4-5-8-17(15)27-3)24-19(25)11-10-16(23-24)18-9-6-14-28-18/h4-11,14H,12-13H2,1-3H3,(H,22,26). The molecule has 0 radical (unpaired) electrons. The lowest BCUT2D eigenvalue weighted by Crippen LogP contribution is -2.50. The smallest absolute Gasteiger partial charge is 0.267 e. The number of benzene rings is 1. The highest BCUT2D eigenvalue weighted by Crippen LogP contribution is 2.19. The van der Waals surface area contributed by atoms with E-state index in [1.54, 1.807) is 39.2 Å². The fraction of sp³-hybridized carbons (Fsp3) is 0.286. The van der Waals surface area contributed by atoms with Crippen molar-refractivity contribution in [3.05, 3.63) is 70.7 Å². The van der Waals surface area contributed by atoms with Gasteiger partial charge in [-0.2, -0.15) is 5.10 Å². The van der Waals surface area contributed by atoms with Gasteiger partial charge in [0.25, 0.3) is 5.56 Å². The molecule has 3 aromatic rings. The molecule has 0 saturated heterocycles. The predicted octanol–water partition coefficient (Wildman–Crippen LogP) is 2.61. The highest BCUT2D eigenvalue weighted by Gasteiger charge is 2.32. The number of rotatable bonds is 7. The van der Waals surface area contributed by atoms with Gasteiger partial charge in [0.15, 0.2) is 5.76 Å². The van der Waals surface area contributed by atoms with Crippen LogP contribution in [0.1, 0.15) is 19.4 Å². The third-order valence-corrected chi connectivity index (χ3v) is 4.53. The number of carbonyl (C=O) groups excluding carboxylic acids is 1. The molecule has 1 N–H and O–H groups in total. The van der Waals surface area contributed by atoms with Crippen LogP contribution in [0.2, 0.25) is 0 Å². The van der Waals surface area contributed by atoms with Crippen molar-refractivity contribution in [1.29, 1.82) is 0 Å². The SMILES string of the molecule is COc1ccccc1CCNC(=O)C(C)(C)n1nc(-c2ccco2)ccc1=O. The van der Waals surface area contributed by atoms with Crippen molar-refractivity contribution in [2.24, 2.45) is 0 Å². The van der Waals surface area contributed by atoms with Crippen molar-refractivity contribution in [3.63, 3.8) is 0 Å². The first-order chi connectivity index (χ1) is 13.4. The molecule has 2 heterocycles. The zero-order chi connectivity index (χ0) is 20.1. The molecule has 0 aliphatic rings. The Kier molecular flexibility index (Phi) is 5.63. The van der Waals surface area contributed by atoms with Gasteiger partial charge in [0, 0.05) is 12.6 Å². The van der Waals surface area contributed by atoms with E-state index in [4.69, 9.17) is 9.15 Å². The molecule has 0 aliphatic carbocycles. The summed E-state index contributed by atoms with van der Waals surface area (Å²) in [6, 6.07) is 14.1. The molecule has 0 spiro atoms. The third-order valence-electron chi connectivity index (χ3n) is 4.53. The number of hydrogen-bond acceptors (Lipinski definition) is 5. The maximum Gasteiger partial charge on any atom is 0.267 e. The molecule has 1 amide bonds. The summed E-state index contributed by atoms with van der Waals surface area (Å²) in [6.07, 6.45) is 2.14. The Bertz CT molecular complexity index is 1010. The maximum absolute atomic E-state index is 12.8. The average Bonchev–Trinajstić information content (AvgIpc) is 3.23. The van der Waals surface area contributed by atoms with Crippen LogP contribution in [-0.4, -0.2) is 29.3 Å². The fourth-order valence-electron chi connectivity index (χ4n) is 2.90. The van der Waals surface area contributed by atoms with Crippen molar-refractivity contribution in [1.82, 2.24) is 15.1 Å². The van der Waals surface area contributed by atoms with E-state index < -0.39 is 5.54 Å². The number of nitrogens with one attached hydrogen (secondary N) is 1. The van der Waals surface area contributed by atoms with E-state index in [0.717, 1.165) is 11.3 Å². The van der Waals surface area contributed by atoms with Gasteiger partial charge in [-0.25, -0.2) is 4.68 Å². The van der Waals surface area contributed by atoms with Gasteiger partial charge in [0.05, 0.1) is 13.4 Å². The summed E-state index contributed by atoms with van der Waals surface area (Å²) >= 11 is 0. The van der Waals surface area contributed by atoms with Gasteiger partial charge in [0.2, 0.25) is 5.91 Å². The quantitative estimate of drug-likeness (QED) is 0.680. The Labute approximate surface area is 162 Å². The normalized spacial score (nSPS) is 11.2. The molecule has 2 aromatic heterocycles. The lowest BCUT2D eigenvalue weighted by atomic mass is 10.0. The van der Waals surface area contributed by atoms with Crippen molar-refractivity contribution in [2.45, 2.75) is 25.8 Å². The van der Waals surface area contributed by atoms with Crippen LogP contribution in [0.5, 0.6) is 5.75 Å². The van der Waals surface area contributed by atoms with E-state index >= 15 is 0 Å². The van der Waals surface area contributed by atoms with Crippen LogP contribution in [0.4, 0.5) is 0 Å². The fourth-order valence-corrected chi connectivity index (χ4v) is 2.90. The summed E-state index contributed by atoms with van der Waals surface area (Å²) in [5.74, 6) is 1.01. The highest BCUT2D eigenvalue weighted by molar-refractivity contribution is 5.83. The summed E-state index contributed by atoms with van der Waals surface area (Å²) in [5.41, 5.74) is -0.0432. The van der Waals surface area contributed by atoms with Crippen LogP contribution < -0.4 is 15.6 Å². The van der Waals surface area contributed by atoms with Crippen LogP contribution in [0, 0.1) is 0 Å². The minimum absolute atomic E-state index is 0.298. The second-order valence-electron chi connectivity index (χ2n) is 6.82. The van der Waals surface area contributed by atoms with E-state index in [9.17, 15) is 9.59 Å². The number of aromatic nitrogens is 2. The van der Waals surface area contributed by atoms with Gasteiger partial charge in [-0.3, -0.25) is 9.59 Å². The molecule has 0 fully saturated rings. The molecular weight excluding hydrogens is 358 g/mol. The molecule has 28 heavy (non-hydrogen) atoms. The first kappa shape index (κ1) is 19.4. The monoisotopic (exact) mass is 381 g/mol. The minimum Gasteiger partial charge on any atom is -0.496 e. The molecule has 0 aliphatic heterocycles. The number of para-hydroxylation sites is 1. The molecule has 7 nitrogen and oxygen atoms in total. The Balaban J connectivity index is 1.74. The van der Waals surface area contributed by atoms with E-state index in [1.165, 1.54) is 17.0 Å². The van der Waals surface area contributed by atoms with Gasteiger partial charge in [-0.05, 0) is 50.1 Å². The predicted molar refractivity (Wildman–Crippen MR) is 105 cm³/mol. The first-order valence-electron chi connectivity index (χ1n) is 8.98. The molecular formula is C21H23N3O4. The number of nitrogens with zero attached hydrogens (tertiary/aromatic N) is 2. The maximum atomic E-state index is 12.8. The van der Waals surface area contributed by atoms with Gasteiger partial charge in [0.1, 0.15) is 17.0 Å². The van der Waals surface area contributed by atoms with Crippen LogP contribution in [0.15, 0.2) is 64.0 Å². The van der Waals surface area contributed by atoms with Gasteiger partial charge < -0.3 is 14.5 Å². The molecule has 146 valence electrons. The third kappa shape index (κ3) is 3.98. The lowest BCUT2D eigenvalue weighted by Gasteiger charge is -2.25. The second-order valence-corrected chi connectivity index (χ2v) is 6.82. The molecule has 0 atom stereocenters. The summed E-state index contributed by atoms with van der Waals surface area (Å²) < 4.78 is 11.8. The average molecular weight is 381 g/mol. The van der Waals surface area contributed by atoms with Crippen molar-refractivity contribution >= 4 is 5.91 Å². The van der Waals surface area contributed by atoms with Gasteiger partial charge in [-0.1, -0.05) is 18.2 Å². The number of methoxy groups -OCH3 is 1. The summed E-state index contributed by atoms with van der Waals surface area (Å²) in [6.45, 7) is 3.73. The molecule has 0 saturated carbocycles. The van der Waals surface area contributed by atoms with E-state index in [-0.39, 0.29) is 11.5 Å². The number of hydrogen-bond donors (Lipinski definition) is 1. The summed E-state index contributed by atoms with van der Waals surface area (Å²) in [5, 5.41) is 7.22. The number of furan rings is 1. The summed E-state index contributed by atoms with van der Waals surface area (Å²) in [7, 11) is 1.62. The Morgan fingerprint density at radius 3 is 2.68 bits per heavy atom. The Morgan fingerprint density at radius 2 is 1.96 bits per heavy atom. The number of amides is 1. The Morgan fingerprint density at radius 1 is 1.18 bits per heavy atom. The number of ether oxygens (including phenoxy) is 1. The number of carbonyl (C=O) groups is 1. The summed E-state index contributed by atoms with van der Waals surface area (Å²) in [4.78, 5) is 25.1. The van der Waals surface area contributed by atoms with E-state index in [1.807, 2.05) is 24.3 Å². The minimum atomic E-state index is -1.17. The van der Waals surface area contributed by atoms with Crippen LogP contribution in [0.25, 0.3) is 11.5 Å². The first-order valence-corrected chi connectivity index (χ1v) is 8.98. The van der Waals surface area contributed by atoms with Crippen molar-refractivity contribution < 1.29 is 13.9 Å². The zero-order valence-corrected chi connectivity index (χ0v) is 16.1. The van der Waals surface area contributed by atoms with Gasteiger partial charge in [-0.15, -0.1) is 0 Å². The van der Waals surface area contributed by atoms with Crippen LogP contribution in [0.3, 0.4) is 0 Å². The zero-order valence-electron chi connectivity index (χ0n) is 16.1. The van der Waals surface area contributed by atoms with E-state index in [0.29, 0.717) is 24.4 Å². The molecule has 3 rings (SSSR count). The largest absolute Gasteiger partial charge is 0.496 e. The van der Waals surface area contributed by atoms with E-state index in [2.05, 4.69) is 10.4 Å². The molecule has 0 bridgehead atoms. The molecule has 7 heteroatoms. The topological polar surface area (TPSA) is 86.4 Å². The van der Waals surface area contributed by atoms with Crippen LogP contribution >= 0.6 is 0 Å². The molecule has 0 unspecified atom stereocenters. The lowest BCUT2D eigenvalue weighted by molar-refractivity contribution is -0.128. The van der Waals surface area contributed by atoms with Gasteiger partial charge >= 0.3 is 0 Å². The van der Waals surface area contributed by atoms with Crippen LogP contribution in [-0.2, 0) is 16.8 Å². The highest BCUT2D eigenvalue weighted by atomic mass is 16.5. The van der Waals surface area contributed by atoms with Crippen molar-refractivity contribution in [3.8, 4) is 17.2 Å².